The van der Waals surface area contributed by atoms with Gasteiger partial charge < -0.3 is 15.0 Å². The highest BCUT2D eigenvalue weighted by Crippen LogP contribution is 2.23. The van der Waals surface area contributed by atoms with Gasteiger partial charge in [0.2, 0.25) is 0 Å². The van der Waals surface area contributed by atoms with E-state index in [1.54, 1.807) is 7.11 Å². The fraction of sp³-hybridized carbons (Fsp3) is 0.438. The summed E-state index contributed by atoms with van der Waals surface area (Å²) >= 11 is 0. The Morgan fingerprint density at radius 2 is 2.22 bits per heavy atom. The molecule has 1 N–H and O–H groups in total. The molecule has 0 saturated carbocycles. The van der Waals surface area contributed by atoms with E-state index < -0.39 is 0 Å². The van der Waals surface area contributed by atoms with Gasteiger partial charge in [-0.05, 0) is 6.42 Å². The molecule has 1 saturated heterocycles. The molecule has 1 aliphatic heterocycles. The Bertz CT molecular complexity index is 643. The first kappa shape index (κ1) is 15.5. The number of likely N-dealkylation sites (tertiary alicyclic amines) is 1. The van der Waals surface area contributed by atoms with Crippen molar-refractivity contribution in [3.05, 3.63) is 36.5 Å². The lowest BCUT2D eigenvalue weighted by Crippen LogP contribution is -2.40. The van der Waals surface area contributed by atoms with Gasteiger partial charge in [0.15, 0.2) is 0 Å². The standard InChI is InChI=1S/C16H21N5O2/c1-23-10-8-17-16(22)20-9-7-14(11-20)21-12-15(18-19-21)13-5-3-2-4-6-13/h2-6,12,14H,7-11H2,1H3,(H,17,22). The molecule has 0 bridgehead atoms. The number of ether oxygens (including phenoxy) is 1. The summed E-state index contributed by atoms with van der Waals surface area (Å²) in [6, 6.07) is 10.1. The van der Waals surface area contributed by atoms with Crippen molar-refractivity contribution in [2.45, 2.75) is 12.5 Å². The lowest BCUT2D eigenvalue weighted by atomic mass is 10.2. The third-order valence-electron chi connectivity index (χ3n) is 3.99. The number of urea groups is 1. The number of hydrogen-bond donors (Lipinski definition) is 1. The van der Waals surface area contributed by atoms with Gasteiger partial charge in [0.25, 0.3) is 0 Å². The SMILES string of the molecule is COCCNC(=O)N1CCC(n2cc(-c3ccccc3)nn2)C1. The van der Waals surface area contributed by atoms with Gasteiger partial charge in [-0.3, -0.25) is 0 Å². The molecule has 1 aromatic heterocycles. The maximum atomic E-state index is 12.0. The second kappa shape index (κ2) is 7.23. The topological polar surface area (TPSA) is 72.3 Å². The molecule has 1 aromatic carbocycles. The van der Waals surface area contributed by atoms with E-state index in [1.807, 2.05) is 46.1 Å². The van der Waals surface area contributed by atoms with Gasteiger partial charge in [-0.2, -0.15) is 0 Å². The van der Waals surface area contributed by atoms with Crippen molar-refractivity contribution in [3.63, 3.8) is 0 Å². The molecule has 122 valence electrons. The molecule has 3 rings (SSSR count). The van der Waals surface area contributed by atoms with Crippen molar-refractivity contribution < 1.29 is 9.53 Å². The molecule has 2 amide bonds. The predicted molar refractivity (Wildman–Crippen MR) is 86.0 cm³/mol. The summed E-state index contributed by atoms with van der Waals surface area (Å²) in [4.78, 5) is 13.8. The lowest BCUT2D eigenvalue weighted by molar-refractivity contribution is 0.184. The van der Waals surface area contributed by atoms with Crippen LogP contribution in [0.15, 0.2) is 36.5 Å². The average molecular weight is 315 g/mol. The molecule has 1 fully saturated rings. The molecule has 2 heterocycles. The molecule has 0 aliphatic carbocycles. The predicted octanol–water partition coefficient (Wildman–Crippen LogP) is 1.55. The first-order valence-corrected chi connectivity index (χ1v) is 7.77. The quantitative estimate of drug-likeness (QED) is 0.850. The van der Waals surface area contributed by atoms with E-state index in [0.717, 1.165) is 24.2 Å². The Kier molecular flexibility index (Phi) is 4.87. The Labute approximate surface area is 135 Å². The number of carbonyl (C=O) groups is 1. The summed E-state index contributed by atoms with van der Waals surface area (Å²) in [6.45, 7) is 2.42. The minimum atomic E-state index is -0.0482. The van der Waals surface area contributed by atoms with Crippen LogP contribution in [0.5, 0.6) is 0 Å². The van der Waals surface area contributed by atoms with E-state index in [4.69, 9.17) is 4.74 Å². The van der Waals surface area contributed by atoms with Crippen LogP contribution in [0.25, 0.3) is 11.3 Å². The highest BCUT2D eigenvalue weighted by molar-refractivity contribution is 5.74. The Hall–Kier alpha value is -2.41. The monoisotopic (exact) mass is 315 g/mol. The molecule has 7 heteroatoms. The van der Waals surface area contributed by atoms with Crippen LogP contribution in [0.1, 0.15) is 12.5 Å². The van der Waals surface area contributed by atoms with Crippen LogP contribution in [0.4, 0.5) is 4.79 Å². The number of methoxy groups -OCH3 is 1. The van der Waals surface area contributed by atoms with E-state index in [2.05, 4.69) is 15.6 Å². The fourth-order valence-electron chi connectivity index (χ4n) is 2.71. The number of nitrogens with one attached hydrogen (secondary N) is 1. The first-order chi connectivity index (χ1) is 11.3. The maximum absolute atomic E-state index is 12.0. The number of hydrogen-bond acceptors (Lipinski definition) is 4. The molecule has 7 nitrogen and oxygen atoms in total. The van der Waals surface area contributed by atoms with E-state index >= 15 is 0 Å². The zero-order valence-electron chi connectivity index (χ0n) is 13.2. The van der Waals surface area contributed by atoms with Gasteiger partial charge in [-0.25, -0.2) is 9.48 Å². The van der Waals surface area contributed by atoms with Crippen molar-refractivity contribution in [2.75, 3.05) is 33.4 Å². The van der Waals surface area contributed by atoms with Crippen molar-refractivity contribution in [1.82, 2.24) is 25.2 Å². The molecule has 1 atom stereocenters. The summed E-state index contributed by atoms with van der Waals surface area (Å²) in [5.41, 5.74) is 1.90. The van der Waals surface area contributed by atoms with Gasteiger partial charge in [0, 0.05) is 32.3 Å². The third-order valence-corrected chi connectivity index (χ3v) is 3.99. The second-order valence-corrected chi connectivity index (χ2v) is 5.56. The average Bonchev–Trinajstić information content (AvgIpc) is 3.25. The molecule has 23 heavy (non-hydrogen) atoms. The van der Waals surface area contributed by atoms with E-state index in [-0.39, 0.29) is 12.1 Å². The van der Waals surface area contributed by atoms with Crippen molar-refractivity contribution in [3.8, 4) is 11.3 Å². The molecular weight excluding hydrogens is 294 g/mol. The maximum Gasteiger partial charge on any atom is 0.317 e. The van der Waals surface area contributed by atoms with Crippen LogP contribution >= 0.6 is 0 Å². The van der Waals surface area contributed by atoms with E-state index in [9.17, 15) is 4.79 Å². The molecule has 0 spiro atoms. The minimum Gasteiger partial charge on any atom is -0.383 e. The van der Waals surface area contributed by atoms with Crippen LogP contribution in [-0.2, 0) is 4.74 Å². The number of nitrogens with zero attached hydrogens (tertiary/aromatic N) is 4. The van der Waals surface area contributed by atoms with Crippen molar-refractivity contribution >= 4 is 6.03 Å². The number of benzene rings is 1. The zero-order valence-corrected chi connectivity index (χ0v) is 13.2. The smallest absolute Gasteiger partial charge is 0.317 e. The summed E-state index contributed by atoms with van der Waals surface area (Å²) < 4.78 is 6.80. The van der Waals surface area contributed by atoms with Gasteiger partial charge in [-0.1, -0.05) is 35.5 Å². The largest absolute Gasteiger partial charge is 0.383 e. The minimum absolute atomic E-state index is 0.0482. The van der Waals surface area contributed by atoms with E-state index in [0.29, 0.717) is 19.7 Å². The Balaban J connectivity index is 1.59. The number of rotatable bonds is 5. The van der Waals surface area contributed by atoms with Crippen LogP contribution in [0.3, 0.4) is 0 Å². The molecule has 1 unspecified atom stereocenters. The molecule has 0 radical (unpaired) electrons. The molecule has 2 aromatic rings. The molecule has 1 aliphatic rings. The van der Waals surface area contributed by atoms with E-state index in [1.165, 1.54) is 0 Å². The van der Waals surface area contributed by atoms with Gasteiger partial charge in [0.1, 0.15) is 5.69 Å². The van der Waals surface area contributed by atoms with Crippen LogP contribution in [0.2, 0.25) is 0 Å². The molecular formula is C16H21N5O2. The Morgan fingerprint density at radius 3 is 3.00 bits per heavy atom. The van der Waals surface area contributed by atoms with Crippen LogP contribution in [0, 0.1) is 0 Å². The number of carbonyl (C=O) groups excluding carboxylic acids is 1. The Morgan fingerprint density at radius 1 is 1.39 bits per heavy atom. The second-order valence-electron chi connectivity index (χ2n) is 5.56. The zero-order chi connectivity index (χ0) is 16.1. The number of aromatic nitrogens is 3. The summed E-state index contributed by atoms with van der Waals surface area (Å²) in [5, 5.41) is 11.3. The first-order valence-electron chi connectivity index (χ1n) is 7.77. The highest BCUT2D eigenvalue weighted by atomic mass is 16.5. The summed E-state index contributed by atoms with van der Waals surface area (Å²) in [6.07, 6.45) is 2.83. The fourth-order valence-corrected chi connectivity index (χ4v) is 2.71. The highest BCUT2D eigenvalue weighted by Gasteiger charge is 2.28. The van der Waals surface area contributed by atoms with Gasteiger partial charge >= 0.3 is 6.03 Å². The summed E-state index contributed by atoms with van der Waals surface area (Å²) in [7, 11) is 1.62. The van der Waals surface area contributed by atoms with Crippen molar-refractivity contribution in [2.24, 2.45) is 0 Å². The van der Waals surface area contributed by atoms with Crippen LogP contribution < -0.4 is 5.32 Å². The lowest BCUT2D eigenvalue weighted by Gasteiger charge is -2.17. The van der Waals surface area contributed by atoms with Gasteiger partial charge in [-0.15, -0.1) is 5.10 Å². The van der Waals surface area contributed by atoms with Gasteiger partial charge in [0.05, 0.1) is 18.8 Å². The number of amides is 2. The van der Waals surface area contributed by atoms with Crippen LogP contribution in [-0.4, -0.2) is 59.3 Å². The third kappa shape index (κ3) is 3.68. The normalized spacial score (nSPS) is 17.4. The van der Waals surface area contributed by atoms with Crippen molar-refractivity contribution in [1.29, 1.82) is 0 Å². The summed E-state index contributed by atoms with van der Waals surface area (Å²) in [5.74, 6) is 0.